The summed E-state index contributed by atoms with van der Waals surface area (Å²) < 4.78 is 0. The number of imide groups is 1. The van der Waals surface area contributed by atoms with Gasteiger partial charge in [-0.1, -0.05) is 11.6 Å². The lowest BCUT2D eigenvalue weighted by molar-refractivity contribution is -0.124. The summed E-state index contributed by atoms with van der Waals surface area (Å²) in [5, 5.41) is 3.09. The summed E-state index contributed by atoms with van der Waals surface area (Å²) in [6, 6.07) is 4.79. The molecule has 1 aromatic rings. The highest BCUT2D eigenvalue weighted by atomic mass is 35.5. The number of hydrogen-bond donors (Lipinski definition) is 2. The Labute approximate surface area is 114 Å². The molecular formula is C11H12ClN3O2S. The van der Waals surface area contributed by atoms with Crippen LogP contribution in [0.4, 0.5) is 10.5 Å². The number of thioether (sulfide) groups is 1. The Balaban J connectivity index is 1.95. The standard InChI is InChI=1S/C11H12ClN3O2S/c12-8-5-7(13)1-2-9(8)18-6-10(16)15-4-3-14-11(15)17/h1-2,5H,3-4,6,13H2,(H,14,17). The van der Waals surface area contributed by atoms with Crippen LogP contribution < -0.4 is 11.1 Å². The topological polar surface area (TPSA) is 75.4 Å². The molecule has 3 N–H and O–H groups in total. The number of hydrogen-bond acceptors (Lipinski definition) is 4. The first kappa shape index (κ1) is 13.0. The van der Waals surface area contributed by atoms with E-state index in [1.807, 2.05) is 0 Å². The van der Waals surface area contributed by atoms with Crippen LogP contribution in [0.2, 0.25) is 5.02 Å². The van der Waals surface area contributed by atoms with E-state index in [9.17, 15) is 9.59 Å². The van der Waals surface area contributed by atoms with Crippen molar-refractivity contribution in [1.29, 1.82) is 0 Å². The lowest BCUT2D eigenvalue weighted by atomic mass is 10.3. The highest BCUT2D eigenvalue weighted by molar-refractivity contribution is 8.00. The number of nitrogens with zero attached hydrogens (tertiary/aromatic N) is 1. The molecule has 2 rings (SSSR count). The lowest BCUT2D eigenvalue weighted by Gasteiger charge is -2.12. The molecular weight excluding hydrogens is 274 g/mol. The van der Waals surface area contributed by atoms with Crippen molar-refractivity contribution in [3.05, 3.63) is 23.2 Å². The molecule has 1 fully saturated rings. The second-order valence-corrected chi connectivity index (χ2v) is 5.18. The van der Waals surface area contributed by atoms with Gasteiger partial charge in [0, 0.05) is 23.7 Å². The molecule has 3 amide bonds. The zero-order valence-electron chi connectivity index (χ0n) is 9.48. The summed E-state index contributed by atoms with van der Waals surface area (Å²) in [5.41, 5.74) is 6.16. The van der Waals surface area contributed by atoms with Gasteiger partial charge in [-0.3, -0.25) is 9.69 Å². The summed E-state index contributed by atoms with van der Waals surface area (Å²) in [6.07, 6.45) is 0. The molecule has 0 radical (unpaired) electrons. The van der Waals surface area contributed by atoms with Gasteiger partial charge < -0.3 is 11.1 Å². The molecule has 0 atom stereocenters. The van der Waals surface area contributed by atoms with Crippen LogP contribution in [0.3, 0.4) is 0 Å². The predicted octanol–water partition coefficient (Wildman–Crippen LogP) is 1.57. The van der Waals surface area contributed by atoms with Gasteiger partial charge in [-0.2, -0.15) is 0 Å². The highest BCUT2D eigenvalue weighted by Gasteiger charge is 2.25. The normalized spacial score (nSPS) is 14.7. The number of halogens is 1. The van der Waals surface area contributed by atoms with Gasteiger partial charge in [-0.15, -0.1) is 11.8 Å². The van der Waals surface area contributed by atoms with Gasteiger partial charge in [0.1, 0.15) is 0 Å². The second-order valence-electron chi connectivity index (χ2n) is 3.76. The van der Waals surface area contributed by atoms with Crippen LogP contribution in [0.5, 0.6) is 0 Å². The number of nitrogen functional groups attached to an aromatic ring is 1. The summed E-state index contributed by atoms with van der Waals surface area (Å²) >= 11 is 7.29. The number of carbonyl (C=O) groups is 2. The van der Waals surface area contributed by atoms with Gasteiger partial charge in [0.25, 0.3) is 0 Å². The lowest BCUT2D eigenvalue weighted by Crippen LogP contribution is -2.35. The van der Waals surface area contributed by atoms with Gasteiger partial charge in [-0.25, -0.2) is 4.79 Å². The van der Waals surface area contributed by atoms with Crippen LogP contribution in [0.15, 0.2) is 23.1 Å². The maximum atomic E-state index is 11.8. The maximum absolute atomic E-state index is 11.8. The number of benzene rings is 1. The van der Waals surface area contributed by atoms with Crippen molar-refractivity contribution in [1.82, 2.24) is 10.2 Å². The van der Waals surface area contributed by atoms with Crippen molar-refractivity contribution in [3.63, 3.8) is 0 Å². The monoisotopic (exact) mass is 285 g/mol. The van der Waals surface area contributed by atoms with Gasteiger partial charge in [-0.05, 0) is 18.2 Å². The van der Waals surface area contributed by atoms with Crippen molar-refractivity contribution in [2.75, 3.05) is 24.6 Å². The molecule has 1 aromatic carbocycles. The number of nitrogens with one attached hydrogen (secondary N) is 1. The number of amides is 3. The van der Waals surface area contributed by atoms with Gasteiger partial charge >= 0.3 is 6.03 Å². The van der Waals surface area contributed by atoms with Crippen molar-refractivity contribution in [2.24, 2.45) is 0 Å². The predicted molar refractivity (Wildman–Crippen MR) is 71.7 cm³/mol. The Hall–Kier alpha value is -1.40. The van der Waals surface area contributed by atoms with E-state index in [-0.39, 0.29) is 17.7 Å². The molecule has 96 valence electrons. The molecule has 1 aliphatic rings. The first-order chi connectivity index (χ1) is 8.58. The van der Waals surface area contributed by atoms with E-state index < -0.39 is 0 Å². The molecule has 5 nitrogen and oxygen atoms in total. The fourth-order valence-corrected chi connectivity index (χ4v) is 2.71. The van der Waals surface area contributed by atoms with Gasteiger partial charge in [0.05, 0.1) is 10.8 Å². The van der Waals surface area contributed by atoms with Crippen molar-refractivity contribution < 1.29 is 9.59 Å². The average molecular weight is 286 g/mol. The summed E-state index contributed by atoms with van der Waals surface area (Å²) in [6.45, 7) is 0.936. The third kappa shape index (κ3) is 2.88. The SMILES string of the molecule is Nc1ccc(SCC(=O)N2CCNC2=O)c(Cl)c1. The smallest absolute Gasteiger partial charge is 0.324 e. The quantitative estimate of drug-likeness (QED) is 0.653. The molecule has 0 saturated carbocycles. The molecule has 18 heavy (non-hydrogen) atoms. The van der Waals surface area contributed by atoms with E-state index >= 15 is 0 Å². The minimum Gasteiger partial charge on any atom is -0.399 e. The van der Waals surface area contributed by atoms with Crippen LogP contribution in [0.1, 0.15) is 0 Å². The Morgan fingerprint density at radius 3 is 2.94 bits per heavy atom. The van der Waals surface area contributed by atoms with Gasteiger partial charge in [0.15, 0.2) is 0 Å². The summed E-state index contributed by atoms with van der Waals surface area (Å²) in [5.74, 6) is -0.0419. The van der Waals surface area contributed by atoms with Crippen LogP contribution in [-0.4, -0.2) is 35.7 Å². The van der Waals surface area contributed by atoms with Crippen LogP contribution in [0, 0.1) is 0 Å². The summed E-state index contributed by atoms with van der Waals surface area (Å²) in [4.78, 5) is 25.0. The van der Waals surface area contributed by atoms with Crippen LogP contribution in [-0.2, 0) is 4.79 Å². The van der Waals surface area contributed by atoms with Crippen molar-refractivity contribution >= 4 is 41.0 Å². The molecule has 0 aliphatic carbocycles. The average Bonchev–Trinajstić information content (AvgIpc) is 2.74. The molecule has 1 saturated heterocycles. The van der Waals surface area contributed by atoms with E-state index in [4.69, 9.17) is 17.3 Å². The van der Waals surface area contributed by atoms with E-state index in [1.165, 1.54) is 16.7 Å². The Morgan fingerprint density at radius 1 is 1.56 bits per heavy atom. The Kier molecular flexibility index (Phi) is 3.98. The third-order valence-corrected chi connectivity index (χ3v) is 3.95. The van der Waals surface area contributed by atoms with E-state index in [2.05, 4.69) is 5.32 Å². The zero-order valence-corrected chi connectivity index (χ0v) is 11.1. The Morgan fingerprint density at radius 2 is 2.33 bits per heavy atom. The Bertz CT molecular complexity index is 495. The minimum absolute atomic E-state index is 0.178. The van der Waals surface area contributed by atoms with E-state index in [1.54, 1.807) is 18.2 Å². The van der Waals surface area contributed by atoms with Crippen molar-refractivity contribution in [2.45, 2.75) is 4.90 Å². The van der Waals surface area contributed by atoms with E-state index in [0.29, 0.717) is 23.8 Å². The van der Waals surface area contributed by atoms with E-state index in [0.717, 1.165) is 4.90 Å². The number of anilines is 1. The highest BCUT2D eigenvalue weighted by Crippen LogP contribution is 2.29. The van der Waals surface area contributed by atoms with Crippen LogP contribution >= 0.6 is 23.4 Å². The molecule has 0 bridgehead atoms. The van der Waals surface area contributed by atoms with Gasteiger partial charge in [0.2, 0.25) is 5.91 Å². The molecule has 1 heterocycles. The zero-order chi connectivity index (χ0) is 13.1. The first-order valence-corrected chi connectivity index (χ1v) is 6.70. The molecule has 0 aromatic heterocycles. The summed E-state index contributed by atoms with van der Waals surface area (Å²) in [7, 11) is 0. The molecule has 0 unspecified atom stereocenters. The first-order valence-electron chi connectivity index (χ1n) is 5.34. The number of urea groups is 1. The number of nitrogens with two attached hydrogens (primary N) is 1. The van der Waals surface area contributed by atoms with Crippen molar-refractivity contribution in [3.8, 4) is 0 Å². The molecule has 0 spiro atoms. The largest absolute Gasteiger partial charge is 0.399 e. The fraction of sp³-hybridized carbons (Fsp3) is 0.273. The second kappa shape index (κ2) is 5.49. The number of rotatable bonds is 3. The minimum atomic E-state index is -0.330. The maximum Gasteiger partial charge on any atom is 0.324 e. The molecule has 7 heteroatoms. The molecule has 1 aliphatic heterocycles. The fourth-order valence-electron chi connectivity index (χ4n) is 1.56. The third-order valence-electron chi connectivity index (χ3n) is 2.46. The number of carbonyl (C=O) groups excluding carboxylic acids is 2. The van der Waals surface area contributed by atoms with Crippen LogP contribution in [0.25, 0.3) is 0 Å².